The number of ether oxygens (including phenoxy) is 4. The molecule has 4 aliphatic rings. The van der Waals surface area contributed by atoms with Crippen molar-refractivity contribution in [1.29, 1.82) is 0 Å². The van der Waals surface area contributed by atoms with Gasteiger partial charge in [0.05, 0.1) is 31.0 Å². The van der Waals surface area contributed by atoms with E-state index < -0.39 is 6.09 Å². The molecule has 0 aromatic rings. The summed E-state index contributed by atoms with van der Waals surface area (Å²) in [5.74, 6) is 0.240. The quantitative estimate of drug-likeness (QED) is 0.350. The third-order valence-corrected chi connectivity index (χ3v) is 8.59. The molecule has 4 rings (SSSR count). The van der Waals surface area contributed by atoms with Crippen LogP contribution in [0.5, 0.6) is 0 Å². The zero-order valence-electron chi connectivity index (χ0n) is 21.6. The van der Waals surface area contributed by atoms with Crippen LogP contribution in [-0.4, -0.2) is 74.4 Å². The van der Waals surface area contributed by atoms with Crippen LogP contribution in [0.1, 0.15) is 65.7 Å². The highest BCUT2D eigenvalue weighted by Gasteiger charge is 2.68. The fourth-order valence-corrected chi connectivity index (χ4v) is 6.39. The van der Waals surface area contributed by atoms with Gasteiger partial charge in [-0.25, -0.2) is 4.79 Å². The zero-order chi connectivity index (χ0) is 25.2. The molecular formula is C26H43N3O6. The first-order chi connectivity index (χ1) is 16.7. The molecule has 2 amide bonds. The van der Waals surface area contributed by atoms with E-state index in [1.54, 1.807) is 7.11 Å². The van der Waals surface area contributed by atoms with Gasteiger partial charge in [0, 0.05) is 31.0 Å². The van der Waals surface area contributed by atoms with E-state index in [1.807, 2.05) is 0 Å². The van der Waals surface area contributed by atoms with Gasteiger partial charge in [0.1, 0.15) is 12.2 Å². The number of nitrogens with two attached hydrogens (primary N) is 1. The Balaban J connectivity index is 1.35. The predicted molar refractivity (Wildman–Crippen MR) is 131 cm³/mol. The first-order valence-electron chi connectivity index (χ1n) is 13.1. The van der Waals surface area contributed by atoms with Crippen LogP contribution in [0.4, 0.5) is 4.79 Å². The first-order valence-corrected chi connectivity index (χ1v) is 13.1. The summed E-state index contributed by atoms with van der Waals surface area (Å²) >= 11 is 0. The maximum atomic E-state index is 12.9. The van der Waals surface area contributed by atoms with Crippen LogP contribution >= 0.6 is 0 Å². The summed E-state index contributed by atoms with van der Waals surface area (Å²) < 4.78 is 24.3. The Kier molecular flexibility index (Phi) is 8.10. The molecular weight excluding hydrogens is 450 g/mol. The lowest BCUT2D eigenvalue weighted by molar-refractivity contribution is -0.269. The highest BCUT2D eigenvalue weighted by Crippen LogP contribution is 2.57. The average Bonchev–Trinajstić information content (AvgIpc) is 3.59. The molecule has 0 aromatic carbocycles. The van der Waals surface area contributed by atoms with Crippen molar-refractivity contribution >= 4 is 12.0 Å². The van der Waals surface area contributed by atoms with E-state index in [2.05, 4.69) is 37.5 Å². The summed E-state index contributed by atoms with van der Waals surface area (Å²) in [6.07, 6.45) is 6.92. The van der Waals surface area contributed by atoms with E-state index in [-0.39, 0.29) is 53.9 Å². The van der Waals surface area contributed by atoms with Crippen molar-refractivity contribution in [2.75, 3.05) is 26.9 Å². The lowest BCUT2D eigenvalue weighted by Gasteiger charge is -2.57. The third-order valence-electron chi connectivity index (χ3n) is 8.59. The number of allylic oxidation sites excluding steroid dienone is 2. The molecule has 9 heteroatoms. The van der Waals surface area contributed by atoms with E-state index in [4.69, 9.17) is 24.7 Å². The summed E-state index contributed by atoms with van der Waals surface area (Å²) in [4.78, 5) is 24.4. The van der Waals surface area contributed by atoms with Crippen LogP contribution in [-0.2, 0) is 23.7 Å². The lowest BCUT2D eigenvalue weighted by atomic mass is 9.61. The topological polar surface area (TPSA) is 124 Å². The monoisotopic (exact) mass is 493 g/mol. The summed E-state index contributed by atoms with van der Waals surface area (Å²) in [5, 5.41) is 5.97. The minimum atomic E-state index is -0.404. The van der Waals surface area contributed by atoms with Crippen molar-refractivity contribution in [3.8, 4) is 0 Å². The van der Waals surface area contributed by atoms with Crippen LogP contribution in [0.25, 0.3) is 0 Å². The molecule has 2 saturated carbocycles. The Morgan fingerprint density at radius 3 is 2.26 bits per heavy atom. The molecule has 198 valence electrons. The molecule has 35 heavy (non-hydrogen) atoms. The highest BCUT2D eigenvalue weighted by atomic mass is 16.6. The molecule has 1 spiro atoms. The number of carbonyl (C=O) groups excluding carboxylic acids is 2. The Morgan fingerprint density at radius 2 is 1.74 bits per heavy atom. The Morgan fingerprint density at radius 1 is 1.09 bits per heavy atom. The second kappa shape index (κ2) is 10.7. The predicted octanol–water partition coefficient (Wildman–Crippen LogP) is 2.42. The Hall–Kier alpha value is -1.68. The number of hydrogen-bond donors (Lipinski definition) is 3. The van der Waals surface area contributed by atoms with E-state index in [0.717, 1.165) is 45.1 Å². The number of amides is 2. The van der Waals surface area contributed by atoms with E-state index in [1.165, 1.54) is 5.57 Å². The van der Waals surface area contributed by atoms with Gasteiger partial charge in [-0.05, 0) is 65.7 Å². The number of epoxide rings is 1. The molecule has 4 N–H and O–H groups in total. The summed E-state index contributed by atoms with van der Waals surface area (Å²) in [7, 11) is 1.69. The minimum absolute atomic E-state index is 0.000341. The van der Waals surface area contributed by atoms with Crippen LogP contribution in [0.15, 0.2) is 11.6 Å². The van der Waals surface area contributed by atoms with E-state index >= 15 is 0 Å². The molecule has 2 saturated heterocycles. The van der Waals surface area contributed by atoms with Gasteiger partial charge in [0.2, 0.25) is 5.91 Å². The molecule has 3 unspecified atom stereocenters. The number of hydrogen-bond acceptors (Lipinski definition) is 7. The zero-order valence-corrected chi connectivity index (χ0v) is 21.6. The maximum Gasteiger partial charge on any atom is 0.407 e. The molecule has 2 aliphatic heterocycles. The number of carbonyl (C=O) groups is 2. The second-order valence-electron chi connectivity index (χ2n) is 11.2. The summed E-state index contributed by atoms with van der Waals surface area (Å²) in [5.41, 5.74) is 6.06. The lowest BCUT2D eigenvalue weighted by Crippen LogP contribution is -2.67. The molecule has 9 nitrogen and oxygen atoms in total. The third kappa shape index (κ3) is 5.68. The second-order valence-corrected chi connectivity index (χ2v) is 11.2. The largest absolute Gasteiger partial charge is 0.443 e. The Labute approximate surface area is 208 Å². The van der Waals surface area contributed by atoms with Crippen LogP contribution in [0.3, 0.4) is 0 Å². The standard InChI is InChI=1S/C26H43N3O6/c1-16(2)5-6-17-14-33-25(17,3)23-22(32-4)20(11-12-26(23)15-34-26)35-24(31)29-19-9-7-18(8-10-19)28-21(30)13-27/h5,17-20,22-23H,6-15,27H2,1-4H3,(H,28,30)(H,29,31)/t17-,18?,19?,20?,22?,23?,25-,26-/m0/s1. The van der Waals surface area contributed by atoms with Gasteiger partial charge in [-0.3, -0.25) is 4.79 Å². The highest BCUT2D eigenvalue weighted by molar-refractivity contribution is 5.78. The summed E-state index contributed by atoms with van der Waals surface area (Å²) in [6, 6.07) is 0.155. The van der Waals surface area contributed by atoms with Crippen molar-refractivity contribution < 1.29 is 28.5 Å². The number of nitrogens with one attached hydrogen (secondary N) is 2. The molecule has 6 atom stereocenters. The smallest absolute Gasteiger partial charge is 0.407 e. The van der Waals surface area contributed by atoms with Gasteiger partial charge in [0.25, 0.3) is 0 Å². The number of methoxy groups -OCH3 is 1. The van der Waals surface area contributed by atoms with Crippen molar-refractivity contribution in [2.45, 2.75) is 101 Å². The van der Waals surface area contributed by atoms with Gasteiger partial charge in [-0.15, -0.1) is 0 Å². The van der Waals surface area contributed by atoms with Gasteiger partial charge in [-0.1, -0.05) is 11.6 Å². The van der Waals surface area contributed by atoms with Gasteiger partial charge >= 0.3 is 6.09 Å². The van der Waals surface area contributed by atoms with Crippen LogP contribution < -0.4 is 16.4 Å². The minimum Gasteiger partial charge on any atom is -0.443 e. The van der Waals surface area contributed by atoms with Crippen molar-refractivity contribution in [1.82, 2.24) is 10.6 Å². The van der Waals surface area contributed by atoms with Gasteiger partial charge < -0.3 is 35.3 Å². The molecule has 0 aromatic heterocycles. The maximum absolute atomic E-state index is 12.9. The fourth-order valence-electron chi connectivity index (χ4n) is 6.39. The Bertz CT molecular complexity index is 803. The molecule has 4 fully saturated rings. The van der Waals surface area contributed by atoms with E-state index in [0.29, 0.717) is 18.9 Å². The van der Waals surface area contributed by atoms with Gasteiger partial charge in [0.15, 0.2) is 0 Å². The molecule has 0 radical (unpaired) electrons. The van der Waals surface area contributed by atoms with E-state index in [9.17, 15) is 9.59 Å². The number of rotatable bonds is 8. The molecule has 2 aliphatic carbocycles. The van der Waals surface area contributed by atoms with Crippen molar-refractivity contribution in [2.24, 2.45) is 17.6 Å². The summed E-state index contributed by atoms with van der Waals surface area (Å²) in [6.45, 7) is 7.83. The molecule has 2 heterocycles. The first kappa shape index (κ1) is 26.4. The van der Waals surface area contributed by atoms with Crippen molar-refractivity contribution in [3.63, 3.8) is 0 Å². The molecule has 0 bridgehead atoms. The van der Waals surface area contributed by atoms with Gasteiger partial charge in [-0.2, -0.15) is 0 Å². The van der Waals surface area contributed by atoms with Crippen LogP contribution in [0, 0.1) is 11.8 Å². The number of alkyl carbamates (subject to hydrolysis) is 1. The average molecular weight is 494 g/mol. The van der Waals surface area contributed by atoms with Crippen molar-refractivity contribution in [3.05, 3.63) is 11.6 Å². The normalized spacial score (nSPS) is 40.4. The fraction of sp³-hybridized carbons (Fsp3) is 0.846. The van der Waals surface area contributed by atoms with Crippen LogP contribution in [0.2, 0.25) is 0 Å². The SMILES string of the molecule is COC1C(OC(=O)NC2CCC(NC(=O)CN)CC2)CC[C@]2(CO2)C1[C@@]1(C)OC[C@@H]1CC=C(C)C.